The van der Waals surface area contributed by atoms with Gasteiger partial charge in [0.05, 0.1) is 11.6 Å². The van der Waals surface area contributed by atoms with Crippen LogP contribution in [0.15, 0.2) is 78.9 Å². The lowest BCUT2D eigenvalue weighted by atomic mass is 10.00. The average Bonchev–Trinajstić information content (AvgIpc) is 2.83. The van der Waals surface area contributed by atoms with E-state index in [0.29, 0.717) is 27.7 Å². The molecule has 0 spiro atoms. The molecule has 1 aromatic heterocycles. The predicted molar refractivity (Wildman–Crippen MR) is 126 cm³/mol. The summed E-state index contributed by atoms with van der Waals surface area (Å²) in [6, 6.07) is 21.2. The molecule has 9 nitrogen and oxygen atoms in total. The SMILES string of the molecule is Nc1nc(N)c2cc(NC(=O)C(O)C(NC(=O)c3ccccc3)c3ccccc3)ccc2n1. The van der Waals surface area contributed by atoms with Crippen molar-refractivity contribution in [3.63, 3.8) is 0 Å². The van der Waals surface area contributed by atoms with E-state index in [0.717, 1.165) is 0 Å². The van der Waals surface area contributed by atoms with Gasteiger partial charge in [-0.3, -0.25) is 9.59 Å². The fourth-order valence-electron chi connectivity index (χ4n) is 3.44. The first-order chi connectivity index (χ1) is 15.9. The van der Waals surface area contributed by atoms with Crippen LogP contribution in [-0.4, -0.2) is 33.0 Å². The van der Waals surface area contributed by atoms with Gasteiger partial charge in [0.25, 0.3) is 11.8 Å². The van der Waals surface area contributed by atoms with Crippen LogP contribution < -0.4 is 22.1 Å². The molecule has 7 N–H and O–H groups in total. The maximum absolute atomic E-state index is 12.9. The number of fused-ring (bicyclic) bond motifs is 1. The minimum atomic E-state index is -1.57. The number of amides is 2. The number of carbonyl (C=O) groups is 2. The van der Waals surface area contributed by atoms with E-state index in [1.165, 1.54) is 0 Å². The summed E-state index contributed by atoms with van der Waals surface area (Å²) in [5.41, 5.74) is 13.4. The van der Waals surface area contributed by atoms with Gasteiger partial charge in [-0.05, 0) is 35.9 Å². The van der Waals surface area contributed by atoms with Crippen molar-refractivity contribution in [2.45, 2.75) is 12.1 Å². The Kier molecular flexibility index (Phi) is 6.14. The van der Waals surface area contributed by atoms with Gasteiger partial charge in [0.15, 0.2) is 6.10 Å². The molecular formula is C24H22N6O3. The lowest BCUT2D eigenvalue weighted by molar-refractivity contribution is -0.125. The monoisotopic (exact) mass is 442 g/mol. The lowest BCUT2D eigenvalue weighted by Gasteiger charge is -2.24. The Morgan fingerprint density at radius 2 is 1.55 bits per heavy atom. The number of nitrogen functional groups attached to an aromatic ring is 2. The number of nitrogens with two attached hydrogens (primary N) is 2. The molecule has 0 aliphatic carbocycles. The molecule has 0 fully saturated rings. The molecule has 0 aliphatic heterocycles. The van der Waals surface area contributed by atoms with Gasteiger partial charge >= 0.3 is 0 Å². The number of benzene rings is 3. The van der Waals surface area contributed by atoms with E-state index in [4.69, 9.17) is 11.5 Å². The van der Waals surface area contributed by atoms with Gasteiger partial charge in [0.2, 0.25) is 5.95 Å². The van der Waals surface area contributed by atoms with Gasteiger partial charge in [-0.25, -0.2) is 4.98 Å². The first kappa shape index (κ1) is 21.7. The Labute approximate surface area is 189 Å². The summed E-state index contributed by atoms with van der Waals surface area (Å²) in [5.74, 6) is -0.894. The predicted octanol–water partition coefficient (Wildman–Crippen LogP) is 2.26. The number of aliphatic hydroxyl groups excluding tert-OH is 1. The summed E-state index contributed by atoms with van der Waals surface area (Å²) in [4.78, 5) is 33.7. The molecule has 2 amide bonds. The summed E-state index contributed by atoms with van der Waals surface area (Å²) >= 11 is 0. The molecule has 0 saturated carbocycles. The second kappa shape index (κ2) is 9.33. The summed E-state index contributed by atoms with van der Waals surface area (Å²) in [7, 11) is 0. The number of carbonyl (C=O) groups excluding carboxylic acids is 2. The van der Waals surface area contributed by atoms with Gasteiger partial charge in [0, 0.05) is 16.6 Å². The zero-order chi connectivity index (χ0) is 23.4. The molecular weight excluding hydrogens is 420 g/mol. The normalized spacial score (nSPS) is 12.6. The molecule has 4 aromatic rings. The summed E-state index contributed by atoms with van der Waals surface area (Å²) in [6.07, 6.45) is -1.57. The maximum atomic E-state index is 12.9. The Bertz CT molecular complexity index is 1300. The van der Waals surface area contributed by atoms with Crippen LogP contribution in [0.5, 0.6) is 0 Å². The number of rotatable bonds is 6. The molecule has 0 saturated heterocycles. The third kappa shape index (κ3) is 4.89. The first-order valence-electron chi connectivity index (χ1n) is 10.1. The van der Waals surface area contributed by atoms with Crippen molar-refractivity contribution >= 4 is 40.2 Å². The Morgan fingerprint density at radius 3 is 2.24 bits per heavy atom. The first-order valence-corrected chi connectivity index (χ1v) is 10.1. The molecule has 166 valence electrons. The average molecular weight is 442 g/mol. The second-order valence-corrected chi connectivity index (χ2v) is 7.36. The third-order valence-corrected chi connectivity index (χ3v) is 5.08. The van der Waals surface area contributed by atoms with E-state index < -0.39 is 24.0 Å². The van der Waals surface area contributed by atoms with Crippen molar-refractivity contribution in [3.05, 3.63) is 90.0 Å². The molecule has 2 unspecified atom stereocenters. The smallest absolute Gasteiger partial charge is 0.255 e. The highest BCUT2D eigenvalue weighted by Gasteiger charge is 2.29. The molecule has 0 aliphatic rings. The Balaban J connectivity index is 1.58. The number of aromatic nitrogens is 2. The standard InChI is InChI=1S/C24H22N6O3/c25-21-17-13-16(11-12-18(17)28-24(26)30-21)27-23(33)20(31)19(14-7-3-1-4-8-14)29-22(32)15-9-5-2-6-10-15/h1-13,19-20,31H,(H,27,33)(H,29,32)(H4,25,26,28,30). The zero-order valence-electron chi connectivity index (χ0n) is 17.5. The van der Waals surface area contributed by atoms with E-state index >= 15 is 0 Å². The number of aliphatic hydroxyl groups is 1. The molecule has 33 heavy (non-hydrogen) atoms. The van der Waals surface area contributed by atoms with Crippen LogP contribution in [0.2, 0.25) is 0 Å². The zero-order valence-corrected chi connectivity index (χ0v) is 17.5. The largest absolute Gasteiger partial charge is 0.383 e. The molecule has 3 aromatic carbocycles. The van der Waals surface area contributed by atoms with E-state index in [1.54, 1.807) is 78.9 Å². The molecule has 1 heterocycles. The summed E-state index contributed by atoms with van der Waals surface area (Å²) in [5, 5.41) is 16.8. The van der Waals surface area contributed by atoms with Gasteiger partial charge in [-0.15, -0.1) is 0 Å². The number of nitrogens with zero attached hydrogens (tertiary/aromatic N) is 2. The number of nitrogens with one attached hydrogen (secondary N) is 2. The van der Waals surface area contributed by atoms with Gasteiger partial charge in [-0.1, -0.05) is 48.5 Å². The van der Waals surface area contributed by atoms with E-state index in [1.807, 2.05) is 0 Å². The van der Waals surface area contributed by atoms with E-state index in [9.17, 15) is 14.7 Å². The van der Waals surface area contributed by atoms with Crippen molar-refractivity contribution in [1.29, 1.82) is 0 Å². The highest BCUT2D eigenvalue weighted by atomic mass is 16.3. The minimum Gasteiger partial charge on any atom is -0.383 e. The molecule has 4 rings (SSSR count). The van der Waals surface area contributed by atoms with Crippen LogP contribution in [0.25, 0.3) is 10.9 Å². The van der Waals surface area contributed by atoms with Crippen molar-refractivity contribution in [3.8, 4) is 0 Å². The van der Waals surface area contributed by atoms with Crippen LogP contribution in [0.4, 0.5) is 17.5 Å². The van der Waals surface area contributed by atoms with Crippen LogP contribution >= 0.6 is 0 Å². The summed E-state index contributed by atoms with van der Waals surface area (Å²) in [6.45, 7) is 0. The van der Waals surface area contributed by atoms with E-state index in [-0.39, 0.29) is 11.8 Å². The highest BCUT2D eigenvalue weighted by molar-refractivity contribution is 5.99. The molecule has 0 radical (unpaired) electrons. The molecule has 2 atom stereocenters. The fraction of sp³-hybridized carbons (Fsp3) is 0.0833. The molecule has 0 bridgehead atoms. The summed E-state index contributed by atoms with van der Waals surface area (Å²) < 4.78 is 0. The Hall–Kier alpha value is -4.50. The van der Waals surface area contributed by atoms with Gasteiger partial charge < -0.3 is 27.2 Å². The van der Waals surface area contributed by atoms with Crippen LogP contribution in [-0.2, 0) is 4.79 Å². The topological polar surface area (TPSA) is 156 Å². The quantitative estimate of drug-likeness (QED) is 0.307. The van der Waals surface area contributed by atoms with Crippen molar-refractivity contribution in [2.24, 2.45) is 0 Å². The Morgan fingerprint density at radius 1 is 0.879 bits per heavy atom. The van der Waals surface area contributed by atoms with Gasteiger partial charge in [-0.2, -0.15) is 4.98 Å². The fourth-order valence-corrected chi connectivity index (χ4v) is 3.44. The van der Waals surface area contributed by atoms with Gasteiger partial charge in [0.1, 0.15) is 5.82 Å². The number of hydrogen-bond donors (Lipinski definition) is 5. The van der Waals surface area contributed by atoms with Crippen molar-refractivity contribution in [1.82, 2.24) is 15.3 Å². The van der Waals surface area contributed by atoms with Crippen LogP contribution in [0.3, 0.4) is 0 Å². The second-order valence-electron chi connectivity index (χ2n) is 7.36. The van der Waals surface area contributed by atoms with Crippen molar-refractivity contribution in [2.75, 3.05) is 16.8 Å². The van der Waals surface area contributed by atoms with Crippen molar-refractivity contribution < 1.29 is 14.7 Å². The maximum Gasteiger partial charge on any atom is 0.255 e. The van der Waals surface area contributed by atoms with Crippen LogP contribution in [0, 0.1) is 0 Å². The highest BCUT2D eigenvalue weighted by Crippen LogP contribution is 2.24. The van der Waals surface area contributed by atoms with Crippen LogP contribution in [0.1, 0.15) is 22.0 Å². The minimum absolute atomic E-state index is 0.0482. The number of anilines is 3. The number of hydrogen-bond acceptors (Lipinski definition) is 7. The molecule has 9 heteroatoms. The lowest BCUT2D eigenvalue weighted by Crippen LogP contribution is -2.42. The third-order valence-electron chi connectivity index (χ3n) is 5.08. The van der Waals surface area contributed by atoms with E-state index in [2.05, 4.69) is 20.6 Å².